The zero-order valence-corrected chi connectivity index (χ0v) is 16.5. The van der Waals surface area contributed by atoms with Crippen LogP contribution in [-0.4, -0.2) is 38.9 Å². The van der Waals surface area contributed by atoms with Gasteiger partial charge in [0.2, 0.25) is 0 Å². The van der Waals surface area contributed by atoms with Crippen molar-refractivity contribution in [3.8, 4) is 5.82 Å². The normalized spacial score (nSPS) is 13.4. The number of nitro benzene ring substituents is 1. The van der Waals surface area contributed by atoms with Gasteiger partial charge < -0.3 is 10.1 Å². The van der Waals surface area contributed by atoms with Gasteiger partial charge in [-0.2, -0.15) is 5.10 Å². The number of hydrogen-bond donors (Lipinski definition) is 1. The van der Waals surface area contributed by atoms with Gasteiger partial charge in [0.1, 0.15) is 6.61 Å². The minimum Gasteiger partial charge on any atom is -0.447 e. The highest BCUT2D eigenvalue weighted by Gasteiger charge is 2.27. The lowest BCUT2D eigenvalue weighted by atomic mass is 10.2. The fraction of sp³-hybridized carbons (Fsp3) is 0.250. The minimum absolute atomic E-state index is 0.0915. The van der Waals surface area contributed by atoms with Crippen molar-refractivity contribution in [1.29, 1.82) is 0 Å². The fourth-order valence-electron chi connectivity index (χ4n) is 3.32. The van der Waals surface area contributed by atoms with Gasteiger partial charge in [-0.1, -0.05) is 6.07 Å². The first-order valence-electron chi connectivity index (χ1n) is 9.37. The van der Waals surface area contributed by atoms with E-state index in [2.05, 4.69) is 15.4 Å². The van der Waals surface area contributed by atoms with Crippen LogP contribution in [0.3, 0.4) is 0 Å². The topological polar surface area (TPSA) is 115 Å². The highest BCUT2D eigenvalue weighted by molar-refractivity contribution is 5.94. The maximum atomic E-state index is 12.0. The molecule has 10 heteroatoms. The zero-order valence-electron chi connectivity index (χ0n) is 16.5. The number of carbonyl (C=O) groups excluding carboxylic acids is 1. The van der Waals surface area contributed by atoms with Gasteiger partial charge in [-0.05, 0) is 37.6 Å². The number of anilines is 2. The van der Waals surface area contributed by atoms with Crippen molar-refractivity contribution in [1.82, 2.24) is 14.8 Å². The summed E-state index contributed by atoms with van der Waals surface area (Å²) in [5.41, 5.74) is 3.76. The molecule has 4 rings (SSSR count). The standard InChI is InChI=1S/C20H20N6O4/c1-13-9-14(2)25(23-13)19-6-3-15(12-22-19)11-21-17-5-4-16(26(28)29)10-18(17)24-7-8-30-20(24)27/h3-6,9-10,12,21H,7-8,11H2,1-2H3. The number of benzene rings is 1. The highest BCUT2D eigenvalue weighted by atomic mass is 16.6. The molecule has 10 nitrogen and oxygen atoms in total. The number of pyridine rings is 1. The molecule has 1 saturated heterocycles. The van der Waals surface area contributed by atoms with E-state index in [1.165, 1.54) is 17.0 Å². The summed E-state index contributed by atoms with van der Waals surface area (Å²) in [5, 5.41) is 18.8. The molecule has 1 N–H and O–H groups in total. The average molecular weight is 408 g/mol. The van der Waals surface area contributed by atoms with Gasteiger partial charge in [0.25, 0.3) is 5.69 Å². The number of ether oxygens (including phenoxy) is 1. The molecular formula is C20H20N6O4. The number of cyclic esters (lactones) is 1. The largest absolute Gasteiger partial charge is 0.447 e. The molecule has 1 aliphatic heterocycles. The summed E-state index contributed by atoms with van der Waals surface area (Å²) >= 11 is 0. The number of carbonyl (C=O) groups is 1. The predicted molar refractivity (Wildman–Crippen MR) is 110 cm³/mol. The van der Waals surface area contributed by atoms with Crippen molar-refractivity contribution >= 4 is 23.2 Å². The zero-order chi connectivity index (χ0) is 21.3. The Morgan fingerprint density at radius 3 is 2.67 bits per heavy atom. The Hall–Kier alpha value is -3.95. The number of non-ortho nitro benzene ring substituents is 1. The average Bonchev–Trinajstić information content (AvgIpc) is 3.31. The van der Waals surface area contributed by atoms with Crippen LogP contribution in [-0.2, 0) is 11.3 Å². The monoisotopic (exact) mass is 408 g/mol. The van der Waals surface area contributed by atoms with E-state index in [0.29, 0.717) is 24.5 Å². The molecule has 0 unspecified atom stereocenters. The molecule has 0 bridgehead atoms. The molecule has 1 aromatic carbocycles. The summed E-state index contributed by atoms with van der Waals surface area (Å²) < 4.78 is 6.75. The van der Waals surface area contributed by atoms with Gasteiger partial charge >= 0.3 is 6.09 Å². The molecule has 0 aliphatic carbocycles. The van der Waals surface area contributed by atoms with E-state index in [9.17, 15) is 14.9 Å². The Labute approximate surface area is 172 Å². The number of amides is 1. The van der Waals surface area contributed by atoms with E-state index in [4.69, 9.17) is 4.74 Å². The van der Waals surface area contributed by atoms with Crippen LogP contribution >= 0.6 is 0 Å². The summed E-state index contributed by atoms with van der Waals surface area (Å²) in [7, 11) is 0. The van der Waals surface area contributed by atoms with E-state index in [1.54, 1.807) is 16.9 Å². The van der Waals surface area contributed by atoms with Crippen LogP contribution in [0.5, 0.6) is 0 Å². The van der Waals surface area contributed by atoms with Gasteiger partial charge in [0.05, 0.1) is 28.5 Å². The Balaban J connectivity index is 1.54. The number of aromatic nitrogens is 3. The lowest BCUT2D eigenvalue weighted by Gasteiger charge is -2.18. The van der Waals surface area contributed by atoms with Crippen molar-refractivity contribution in [2.75, 3.05) is 23.4 Å². The molecule has 0 atom stereocenters. The van der Waals surface area contributed by atoms with E-state index in [0.717, 1.165) is 22.8 Å². The summed E-state index contributed by atoms with van der Waals surface area (Å²) in [6.45, 7) is 4.92. The van der Waals surface area contributed by atoms with Crippen LogP contribution in [0.15, 0.2) is 42.6 Å². The first-order chi connectivity index (χ1) is 14.4. The van der Waals surface area contributed by atoms with E-state index >= 15 is 0 Å². The number of rotatable bonds is 6. The summed E-state index contributed by atoms with van der Waals surface area (Å²) in [5.74, 6) is 0.722. The first kappa shape index (κ1) is 19.4. The van der Waals surface area contributed by atoms with E-state index in [1.807, 2.05) is 32.0 Å². The third-order valence-corrected chi connectivity index (χ3v) is 4.76. The van der Waals surface area contributed by atoms with Gasteiger partial charge in [0.15, 0.2) is 5.82 Å². The molecule has 154 valence electrons. The second-order valence-corrected chi connectivity index (χ2v) is 6.94. The molecule has 3 aromatic rings. The van der Waals surface area contributed by atoms with Crippen LogP contribution in [0, 0.1) is 24.0 Å². The van der Waals surface area contributed by atoms with E-state index < -0.39 is 11.0 Å². The number of nitrogens with zero attached hydrogens (tertiary/aromatic N) is 5. The second kappa shape index (κ2) is 7.82. The molecule has 1 aliphatic rings. The van der Waals surface area contributed by atoms with Crippen molar-refractivity contribution in [3.63, 3.8) is 0 Å². The maximum Gasteiger partial charge on any atom is 0.414 e. The van der Waals surface area contributed by atoms with Crippen molar-refractivity contribution in [2.45, 2.75) is 20.4 Å². The number of hydrogen-bond acceptors (Lipinski definition) is 7. The number of nitro groups is 1. The summed E-state index contributed by atoms with van der Waals surface area (Å²) in [6.07, 6.45) is 1.22. The Morgan fingerprint density at radius 2 is 2.07 bits per heavy atom. The lowest BCUT2D eigenvalue weighted by Crippen LogP contribution is -2.24. The smallest absolute Gasteiger partial charge is 0.414 e. The quantitative estimate of drug-likeness (QED) is 0.491. The van der Waals surface area contributed by atoms with Gasteiger partial charge in [-0.25, -0.2) is 14.5 Å². The SMILES string of the molecule is Cc1cc(C)n(-c2ccc(CNc3ccc([N+](=O)[O-])cc3N3CCOC3=O)cn2)n1. The van der Waals surface area contributed by atoms with Crippen LogP contribution in [0.4, 0.5) is 21.9 Å². The van der Waals surface area contributed by atoms with Crippen molar-refractivity contribution in [2.24, 2.45) is 0 Å². The molecule has 0 saturated carbocycles. The minimum atomic E-state index is -0.519. The van der Waals surface area contributed by atoms with Crippen LogP contribution < -0.4 is 10.2 Å². The van der Waals surface area contributed by atoms with Crippen LogP contribution in [0.1, 0.15) is 17.0 Å². The second-order valence-electron chi connectivity index (χ2n) is 6.94. The molecule has 0 spiro atoms. The lowest BCUT2D eigenvalue weighted by molar-refractivity contribution is -0.384. The third-order valence-electron chi connectivity index (χ3n) is 4.76. The highest BCUT2D eigenvalue weighted by Crippen LogP contribution is 2.32. The Morgan fingerprint density at radius 1 is 1.23 bits per heavy atom. The summed E-state index contributed by atoms with van der Waals surface area (Å²) in [4.78, 5) is 28.5. The summed E-state index contributed by atoms with van der Waals surface area (Å²) in [6, 6.07) is 10.2. The molecule has 1 amide bonds. The Kier molecular flexibility index (Phi) is 5.05. The van der Waals surface area contributed by atoms with Gasteiger partial charge in [0, 0.05) is 30.6 Å². The molecule has 1 fully saturated rings. The molecule has 2 aromatic heterocycles. The van der Waals surface area contributed by atoms with Gasteiger partial charge in [-0.3, -0.25) is 15.0 Å². The number of nitrogens with one attached hydrogen (secondary N) is 1. The first-order valence-corrected chi connectivity index (χ1v) is 9.37. The molecule has 0 radical (unpaired) electrons. The van der Waals surface area contributed by atoms with Crippen LogP contribution in [0.25, 0.3) is 5.82 Å². The molecular weight excluding hydrogens is 388 g/mol. The van der Waals surface area contributed by atoms with Crippen molar-refractivity contribution < 1.29 is 14.5 Å². The van der Waals surface area contributed by atoms with Crippen LogP contribution in [0.2, 0.25) is 0 Å². The fourth-order valence-corrected chi connectivity index (χ4v) is 3.32. The predicted octanol–water partition coefficient (Wildman–Crippen LogP) is 3.36. The third kappa shape index (κ3) is 3.79. The Bertz CT molecular complexity index is 1110. The number of aryl methyl sites for hydroxylation is 2. The molecule has 30 heavy (non-hydrogen) atoms. The van der Waals surface area contributed by atoms with Gasteiger partial charge in [-0.15, -0.1) is 0 Å². The van der Waals surface area contributed by atoms with E-state index in [-0.39, 0.29) is 12.3 Å². The maximum absolute atomic E-state index is 12.0. The molecule has 3 heterocycles. The van der Waals surface area contributed by atoms with Crippen molar-refractivity contribution in [3.05, 3.63) is 69.7 Å².